The Labute approximate surface area is 201 Å². The van der Waals surface area contributed by atoms with Crippen LogP contribution in [0.2, 0.25) is 0 Å². The van der Waals surface area contributed by atoms with Crippen LogP contribution in [0.15, 0.2) is 48.5 Å². The van der Waals surface area contributed by atoms with Crippen LogP contribution >= 0.6 is 0 Å². The van der Waals surface area contributed by atoms with Crippen molar-refractivity contribution in [2.45, 2.75) is 45.6 Å². The molecule has 2 heterocycles. The molecule has 3 N–H and O–H groups in total. The fourth-order valence-corrected chi connectivity index (χ4v) is 4.81. The number of piperidine rings is 1. The highest BCUT2D eigenvalue weighted by Gasteiger charge is 2.35. The van der Waals surface area contributed by atoms with Gasteiger partial charge in [0.1, 0.15) is 0 Å². The van der Waals surface area contributed by atoms with Crippen LogP contribution in [-0.4, -0.2) is 42.3 Å². The second-order valence-electron chi connectivity index (χ2n) is 9.82. The van der Waals surface area contributed by atoms with Crippen molar-refractivity contribution < 1.29 is 14.4 Å². The van der Waals surface area contributed by atoms with Crippen LogP contribution in [0.3, 0.4) is 0 Å². The average Bonchev–Trinajstić information content (AvgIpc) is 3.22. The lowest BCUT2D eigenvalue weighted by molar-refractivity contribution is -0.123. The summed E-state index contributed by atoms with van der Waals surface area (Å²) >= 11 is 0. The number of hydrogen-bond acceptors (Lipinski definition) is 4. The lowest BCUT2D eigenvalue weighted by Crippen LogP contribution is -2.40. The van der Waals surface area contributed by atoms with Gasteiger partial charge in [-0.25, -0.2) is 0 Å². The number of hydrogen-bond donors (Lipinski definition) is 2. The fraction of sp³-hybridized carbons (Fsp3) is 0.444. The summed E-state index contributed by atoms with van der Waals surface area (Å²) < 4.78 is 0. The van der Waals surface area contributed by atoms with Crippen molar-refractivity contribution in [2.75, 3.05) is 29.9 Å². The first-order valence-corrected chi connectivity index (χ1v) is 12.1. The quantitative estimate of drug-likeness (QED) is 0.658. The molecule has 34 heavy (non-hydrogen) atoms. The molecule has 0 spiro atoms. The Morgan fingerprint density at radius 1 is 1.09 bits per heavy atom. The van der Waals surface area contributed by atoms with E-state index < -0.39 is 0 Å². The van der Waals surface area contributed by atoms with E-state index in [1.54, 1.807) is 4.90 Å². The first kappa shape index (κ1) is 24.0. The highest BCUT2D eigenvalue weighted by molar-refractivity contribution is 6.03. The number of nitrogens with zero attached hydrogens (tertiary/aromatic N) is 2. The van der Waals surface area contributed by atoms with E-state index in [1.807, 2.05) is 42.5 Å². The summed E-state index contributed by atoms with van der Waals surface area (Å²) in [5, 5.41) is 2.97. The summed E-state index contributed by atoms with van der Waals surface area (Å²) in [7, 11) is 0. The molecular formula is C27H34N4O3. The number of benzene rings is 2. The molecule has 2 fully saturated rings. The van der Waals surface area contributed by atoms with Gasteiger partial charge in [-0.3, -0.25) is 19.3 Å². The number of carbonyl (C=O) groups is 3. The average molecular weight is 463 g/mol. The largest absolute Gasteiger partial charge is 0.369 e. The first-order chi connectivity index (χ1) is 16.3. The number of amides is 3. The minimum Gasteiger partial charge on any atom is -0.369 e. The molecule has 2 atom stereocenters. The number of nitrogens with one attached hydrogen (secondary N) is 1. The maximum atomic E-state index is 12.9. The van der Waals surface area contributed by atoms with E-state index in [2.05, 4.69) is 30.1 Å². The Morgan fingerprint density at radius 2 is 1.85 bits per heavy atom. The Kier molecular flexibility index (Phi) is 7.32. The predicted molar refractivity (Wildman–Crippen MR) is 133 cm³/mol. The molecule has 4 rings (SSSR count). The molecule has 0 saturated carbocycles. The Morgan fingerprint density at radius 3 is 2.56 bits per heavy atom. The molecule has 7 heteroatoms. The molecule has 2 aromatic carbocycles. The summed E-state index contributed by atoms with van der Waals surface area (Å²) in [6, 6.07) is 15.8. The monoisotopic (exact) mass is 462 g/mol. The first-order valence-electron chi connectivity index (χ1n) is 12.1. The minimum atomic E-state index is -0.381. The summed E-state index contributed by atoms with van der Waals surface area (Å²) in [6.45, 7) is 7.03. The minimum absolute atomic E-state index is 0.0211. The lowest BCUT2D eigenvalue weighted by Gasteiger charge is -2.31. The standard InChI is InChI=1S/C27H34N4O3/c1-18(2)20-5-3-7-24(13-20)31-17-22(14-25(31)32)27(34)29-23-10-8-19(9-11-23)15-30-12-4-6-21(16-30)26(28)33/h3,5,7-11,13,18,21-22H,4,6,12,14-17H2,1-2H3,(H2,28,33)(H,29,34). The zero-order valence-corrected chi connectivity index (χ0v) is 20.0. The van der Waals surface area contributed by atoms with E-state index in [4.69, 9.17) is 5.73 Å². The third-order valence-electron chi connectivity index (χ3n) is 6.88. The van der Waals surface area contributed by atoms with Crippen molar-refractivity contribution in [1.82, 2.24) is 4.90 Å². The summed E-state index contributed by atoms with van der Waals surface area (Å²) in [5.74, 6) is -0.461. The fourth-order valence-electron chi connectivity index (χ4n) is 4.81. The molecule has 2 aromatic rings. The van der Waals surface area contributed by atoms with Crippen molar-refractivity contribution in [1.29, 1.82) is 0 Å². The maximum absolute atomic E-state index is 12.9. The van der Waals surface area contributed by atoms with Crippen LogP contribution in [0.4, 0.5) is 11.4 Å². The summed E-state index contributed by atoms with van der Waals surface area (Å²) in [4.78, 5) is 41.0. The van der Waals surface area contributed by atoms with Gasteiger partial charge in [0.25, 0.3) is 0 Å². The molecule has 2 aliphatic heterocycles. The Balaban J connectivity index is 1.33. The van der Waals surface area contributed by atoms with Crippen LogP contribution in [0.5, 0.6) is 0 Å². The third kappa shape index (κ3) is 5.65. The van der Waals surface area contributed by atoms with Gasteiger partial charge in [-0.1, -0.05) is 38.1 Å². The number of rotatable bonds is 7. The van der Waals surface area contributed by atoms with Gasteiger partial charge in [-0.2, -0.15) is 0 Å². The number of likely N-dealkylation sites (tertiary alicyclic amines) is 1. The maximum Gasteiger partial charge on any atom is 0.229 e. The van der Waals surface area contributed by atoms with Crippen molar-refractivity contribution >= 4 is 29.1 Å². The van der Waals surface area contributed by atoms with E-state index in [9.17, 15) is 14.4 Å². The Hall–Kier alpha value is -3.19. The molecule has 2 unspecified atom stereocenters. The van der Waals surface area contributed by atoms with Crippen LogP contribution in [0, 0.1) is 11.8 Å². The third-order valence-corrected chi connectivity index (χ3v) is 6.88. The van der Waals surface area contributed by atoms with E-state index in [0.29, 0.717) is 19.0 Å². The van der Waals surface area contributed by atoms with Gasteiger partial charge in [0.05, 0.1) is 11.8 Å². The molecule has 180 valence electrons. The van der Waals surface area contributed by atoms with Crippen molar-refractivity contribution in [3.8, 4) is 0 Å². The highest BCUT2D eigenvalue weighted by Crippen LogP contribution is 2.28. The van der Waals surface area contributed by atoms with Crippen LogP contribution in [-0.2, 0) is 20.9 Å². The van der Waals surface area contributed by atoms with Gasteiger partial charge in [-0.05, 0) is 60.7 Å². The van der Waals surface area contributed by atoms with Crippen LogP contribution in [0.25, 0.3) is 0 Å². The van der Waals surface area contributed by atoms with E-state index >= 15 is 0 Å². The van der Waals surface area contributed by atoms with Gasteiger partial charge in [-0.15, -0.1) is 0 Å². The normalized spacial score (nSPS) is 21.1. The molecular weight excluding hydrogens is 428 g/mol. The number of anilines is 2. The topological polar surface area (TPSA) is 95.7 Å². The predicted octanol–water partition coefficient (Wildman–Crippen LogP) is 3.50. The zero-order valence-electron chi connectivity index (χ0n) is 20.0. The molecule has 0 radical (unpaired) electrons. The molecule has 7 nitrogen and oxygen atoms in total. The Bertz CT molecular complexity index is 1050. The van der Waals surface area contributed by atoms with Gasteiger partial charge in [0.15, 0.2) is 0 Å². The lowest BCUT2D eigenvalue weighted by atomic mass is 9.97. The van der Waals surface area contributed by atoms with Crippen molar-refractivity contribution in [2.24, 2.45) is 17.6 Å². The zero-order chi connectivity index (χ0) is 24.2. The van der Waals surface area contributed by atoms with Crippen molar-refractivity contribution in [3.63, 3.8) is 0 Å². The summed E-state index contributed by atoms with van der Waals surface area (Å²) in [5.41, 5.74) is 9.35. The summed E-state index contributed by atoms with van der Waals surface area (Å²) in [6.07, 6.45) is 2.05. The van der Waals surface area contributed by atoms with Crippen molar-refractivity contribution in [3.05, 3.63) is 59.7 Å². The van der Waals surface area contributed by atoms with Crippen LogP contribution in [0.1, 0.15) is 50.2 Å². The van der Waals surface area contributed by atoms with Crippen LogP contribution < -0.4 is 16.0 Å². The highest BCUT2D eigenvalue weighted by atomic mass is 16.2. The second-order valence-corrected chi connectivity index (χ2v) is 9.82. The molecule has 0 bridgehead atoms. The second kappa shape index (κ2) is 10.4. The van der Waals surface area contributed by atoms with E-state index in [1.165, 1.54) is 5.56 Å². The smallest absolute Gasteiger partial charge is 0.229 e. The molecule has 0 aliphatic carbocycles. The number of nitrogens with two attached hydrogens (primary N) is 1. The van der Waals surface area contributed by atoms with E-state index in [-0.39, 0.29) is 36.0 Å². The molecule has 2 aliphatic rings. The SMILES string of the molecule is CC(C)c1cccc(N2CC(C(=O)Nc3ccc(CN4CCCC(C(N)=O)C4)cc3)CC2=O)c1. The van der Waals surface area contributed by atoms with E-state index in [0.717, 1.165) is 42.9 Å². The number of primary amides is 1. The number of carbonyl (C=O) groups excluding carboxylic acids is 3. The molecule has 2 saturated heterocycles. The van der Waals surface area contributed by atoms with Gasteiger partial charge < -0.3 is 16.0 Å². The van der Waals surface area contributed by atoms with Gasteiger partial charge in [0.2, 0.25) is 17.7 Å². The van der Waals surface area contributed by atoms with Gasteiger partial charge >= 0.3 is 0 Å². The van der Waals surface area contributed by atoms with Gasteiger partial charge in [0, 0.05) is 37.4 Å². The molecule has 3 amide bonds. The molecule has 0 aromatic heterocycles.